The zero-order chi connectivity index (χ0) is 13.8. The molecule has 0 unspecified atom stereocenters. The molecule has 0 spiro atoms. The molecule has 0 bridgehead atoms. The van der Waals surface area contributed by atoms with Crippen LogP contribution in [0.1, 0.15) is 15.9 Å². The molecule has 0 atom stereocenters. The highest BCUT2D eigenvalue weighted by molar-refractivity contribution is 6.17. The summed E-state index contributed by atoms with van der Waals surface area (Å²) >= 11 is 5.67. The lowest BCUT2D eigenvalue weighted by Crippen LogP contribution is -2.13. The van der Waals surface area contributed by atoms with Crippen LogP contribution in [0.4, 0.5) is 14.5 Å². The topological polar surface area (TPSA) is 29.1 Å². The molecule has 98 valence electrons. The minimum absolute atomic E-state index is 0.193. The molecule has 0 saturated heterocycles. The molecule has 0 aromatic heterocycles. The van der Waals surface area contributed by atoms with Gasteiger partial charge in [-0.3, -0.25) is 4.79 Å². The maximum Gasteiger partial charge on any atom is 0.255 e. The van der Waals surface area contributed by atoms with Gasteiger partial charge in [-0.15, -0.1) is 11.6 Å². The fourth-order valence-electron chi connectivity index (χ4n) is 1.58. The molecule has 0 fully saturated rings. The minimum atomic E-state index is -0.691. The Bertz CT molecular complexity index is 616. The number of rotatable bonds is 3. The van der Waals surface area contributed by atoms with Gasteiger partial charge in [0.25, 0.3) is 5.91 Å². The number of nitrogens with one attached hydrogen (secondary N) is 1. The normalized spacial score (nSPS) is 10.3. The van der Waals surface area contributed by atoms with Crippen molar-refractivity contribution in [2.24, 2.45) is 0 Å². The minimum Gasteiger partial charge on any atom is -0.319 e. The summed E-state index contributed by atoms with van der Waals surface area (Å²) in [5.74, 6) is -1.55. The molecule has 2 aromatic carbocycles. The smallest absolute Gasteiger partial charge is 0.255 e. The third-order valence-electron chi connectivity index (χ3n) is 2.52. The van der Waals surface area contributed by atoms with Crippen LogP contribution in [0.3, 0.4) is 0 Å². The average Bonchev–Trinajstić information content (AvgIpc) is 2.43. The van der Waals surface area contributed by atoms with Gasteiger partial charge >= 0.3 is 0 Å². The van der Waals surface area contributed by atoms with Crippen molar-refractivity contribution >= 4 is 23.2 Å². The first-order valence-corrected chi connectivity index (χ1v) is 6.05. The van der Waals surface area contributed by atoms with Crippen LogP contribution in [0.15, 0.2) is 42.5 Å². The van der Waals surface area contributed by atoms with Gasteiger partial charge < -0.3 is 5.32 Å². The third kappa shape index (κ3) is 3.29. The van der Waals surface area contributed by atoms with Crippen molar-refractivity contribution in [3.8, 4) is 0 Å². The number of hydrogen-bond donors (Lipinski definition) is 1. The first kappa shape index (κ1) is 13.5. The summed E-state index contributed by atoms with van der Waals surface area (Å²) < 4.78 is 26.4. The molecule has 0 heterocycles. The van der Waals surface area contributed by atoms with Crippen LogP contribution in [0.2, 0.25) is 0 Å². The summed E-state index contributed by atoms with van der Waals surface area (Å²) in [5.41, 5.74) is 0.914. The molecule has 0 saturated carbocycles. The number of carbonyl (C=O) groups excluding carboxylic acids is 1. The molecule has 1 N–H and O–H groups in total. The van der Waals surface area contributed by atoms with Gasteiger partial charge in [0.05, 0.1) is 5.69 Å². The van der Waals surface area contributed by atoms with Gasteiger partial charge in [-0.25, -0.2) is 8.78 Å². The van der Waals surface area contributed by atoms with E-state index in [1.54, 1.807) is 24.3 Å². The van der Waals surface area contributed by atoms with Gasteiger partial charge in [-0.05, 0) is 29.8 Å². The molecule has 5 heteroatoms. The number of benzene rings is 2. The lowest BCUT2D eigenvalue weighted by molar-refractivity contribution is 0.102. The second kappa shape index (κ2) is 5.80. The Hall–Kier alpha value is -1.94. The number of amides is 1. The van der Waals surface area contributed by atoms with E-state index in [0.29, 0.717) is 5.56 Å². The highest BCUT2D eigenvalue weighted by Gasteiger charge is 2.10. The van der Waals surface area contributed by atoms with Gasteiger partial charge in [-0.2, -0.15) is 0 Å². The molecule has 0 aliphatic heterocycles. The molecule has 0 aliphatic rings. The molecule has 1 amide bonds. The largest absolute Gasteiger partial charge is 0.319 e. The van der Waals surface area contributed by atoms with E-state index in [-0.39, 0.29) is 11.6 Å². The zero-order valence-electron chi connectivity index (χ0n) is 9.79. The van der Waals surface area contributed by atoms with Gasteiger partial charge in [-0.1, -0.05) is 12.1 Å². The second-order valence-corrected chi connectivity index (χ2v) is 4.18. The van der Waals surface area contributed by atoms with E-state index < -0.39 is 17.5 Å². The standard InChI is InChI=1S/C14H10ClF2NO/c15-8-9-2-1-3-10(6-9)14(19)18-13-7-11(16)4-5-12(13)17/h1-7H,8H2,(H,18,19). The summed E-state index contributed by atoms with van der Waals surface area (Å²) in [6.45, 7) is 0. The summed E-state index contributed by atoms with van der Waals surface area (Å²) in [7, 11) is 0. The lowest BCUT2D eigenvalue weighted by Gasteiger charge is -2.07. The van der Waals surface area contributed by atoms with Crippen molar-refractivity contribution in [2.45, 2.75) is 5.88 Å². The molecule has 2 aromatic rings. The van der Waals surface area contributed by atoms with Crippen LogP contribution < -0.4 is 5.32 Å². The van der Waals surface area contributed by atoms with E-state index in [0.717, 1.165) is 23.8 Å². The molecule has 0 radical (unpaired) electrons. The van der Waals surface area contributed by atoms with Crippen LogP contribution >= 0.6 is 11.6 Å². The third-order valence-corrected chi connectivity index (χ3v) is 2.83. The van der Waals surface area contributed by atoms with E-state index >= 15 is 0 Å². The fraction of sp³-hybridized carbons (Fsp3) is 0.0714. The first-order chi connectivity index (χ1) is 9.10. The number of alkyl halides is 1. The highest BCUT2D eigenvalue weighted by Crippen LogP contribution is 2.17. The van der Waals surface area contributed by atoms with E-state index in [4.69, 9.17) is 11.6 Å². The molecule has 0 aliphatic carbocycles. The van der Waals surface area contributed by atoms with E-state index in [2.05, 4.69) is 5.32 Å². The maximum atomic E-state index is 13.4. The van der Waals surface area contributed by atoms with Crippen molar-refractivity contribution in [3.05, 3.63) is 65.2 Å². The SMILES string of the molecule is O=C(Nc1cc(F)ccc1F)c1cccc(CCl)c1. The Morgan fingerprint density at radius 2 is 1.95 bits per heavy atom. The van der Waals surface area contributed by atoms with Crippen LogP contribution in [-0.4, -0.2) is 5.91 Å². The van der Waals surface area contributed by atoms with E-state index in [1.165, 1.54) is 0 Å². The molecular formula is C14H10ClF2NO. The van der Waals surface area contributed by atoms with Crippen LogP contribution in [0.5, 0.6) is 0 Å². The number of anilines is 1. The quantitative estimate of drug-likeness (QED) is 0.848. The van der Waals surface area contributed by atoms with Crippen molar-refractivity contribution in [3.63, 3.8) is 0 Å². The van der Waals surface area contributed by atoms with Gasteiger partial charge in [0.1, 0.15) is 11.6 Å². The number of hydrogen-bond acceptors (Lipinski definition) is 1. The van der Waals surface area contributed by atoms with Crippen molar-refractivity contribution < 1.29 is 13.6 Å². The van der Waals surface area contributed by atoms with E-state index in [9.17, 15) is 13.6 Å². The van der Waals surface area contributed by atoms with Crippen molar-refractivity contribution in [1.29, 1.82) is 0 Å². The monoisotopic (exact) mass is 281 g/mol. The average molecular weight is 282 g/mol. The molecule has 19 heavy (non-hydrogen) atoms. The number of halogens is 3. The summed E-state index contributed by atoms with van der Waals surface area (Å²) in [4.78, 5) is 11.9. The zero-order valence-corrected chi connectivity index (χ0v) is 10.5. The van der Waals surface area contributed by atoms with Crippen LogP contribution in [0.25, 0.3) is 0 Å². The van der Waals surface area contributed by atoms with Crippen LogP contribution in [-0.2, 0) is 5.88 Å². The predicted molar refractivity (Wildman–Crippen MR) is 70.3 cm³/mol. The van der Waals surface area contributed by atoms with Crippen LogP contribution in [0, 0.1) is 11.6 Å². The second-order valence-electron chi connectivity index (χ2n) is 3.91. The Morgan fingerprint density at radius 3 is 2.68 bits per heavy atom. The maximum absolute atomic E-state index is 13.4. The molecule has 2 nitrogen and oxygen atoms in total. The summed E-state index contributed by atoms with van der Waals surface area (Å²) in [6, 6.07) is 9.49. The first-order valence-electron chi connectivity index (χ1n) is 5.51. The summed E-state index contributed by atoms with van der Waals surface area (Å²) in [6.07, 6.45) is 0. The number of carbonyl (C=O) groups is 1. The van der Waals surface area contributed by atoms with Gasteiger partial charge in [0.2, 0.25) is 0 Å². The summed E-state index contributed by atoms with van der Waals surface area (Å²) in [5, 5.41) is 2.32. The van der Waals surface area contributed by atoms with Crippen molar-refractivity contribution in [2.75, 3.05) is 5.32 Å². The molecular weight excluding hydrogens is 272 g/mol. The lowest BCUT2D eigenvalue weighted by atomic mass is 10.1. The fourth-order valence-corrected chi connectivity index (χ4v) is 1.75. The Morgan fingerprint density at radius 1 is 1.16 bits per heavy atom. The van der Waals surface area contributed by atoms with Gasteiger partial charge in [0, 0.05) is 17.5 Å². The predicted octanol–water partition coefficient (Wildman–Crippen LogP) is 3.96. The van der Waals surface area contributed by atoms with E-state index in [1.807, 2.05) is 0 Å². The Balaban J connectivity index is 2.22. The Kier molecular flexibility index (Phi) is 4.12. The Labute approximate surface area is 114 Å². The molecule has 2 rings (SSSR count). The highest BCUT2D eigenvalue weighted by atomic mass is 35.5. The van der Waals surface area contributed by atoms with Gasteiger partial charge in [0.15, 0.2) is 0 Å². The van der Waals surface area contributed by atoms with Crippen molar-refractivity contribution in [1.82, 2.24) is 0 Å².